The smallest absolute Gasteiger partial charge is 0.248 e. The van der Waals surface area contributed by atoms with Crippen LogP contribution in [-0.4, -0.2) is 195 Å². The van der Waals surface area contributed by atoms with Crippen LogP contribution in [0.4, 0.5) is 0 Å². The maximum absolute atomic E-state index is 14.5. The number of carbonyl (C=O) groups excluding carboxylic acids is 8. The van der Waals surface area contributed by atoms with E-state index in [1.807, 2.05) is 0 Å². The number of nitrogens with one attached hydrogen (secondary N) is 5. The number of phenolic OH excluding ortho intramolecular Hbond substituents is 1. The number of fused-ring (bicyclic) bond motifs is 2. The lowest BCUT2D eigenvalue weighted by Gasteiger charge is -2.34. The minimum absolute atomic E-state index is 0.0762. The summed E-state index contributed by atoms with van der Waals surface area (Å²) >= 11 is 0. The van der Waals surface area contributed by atoms with E-state index in [2.05, 4.69) is 33.5 Å². The van der Waals surface area contributed by atoms with Crippen molar-refractivity contribution in [2.24, 2.45) is 11.7 Å². The summed E-state index contributed by atoms with van der Waals surface area (Å²) in [7, 11) is 0. The molecule has 416 valence electrons. The first-order chi connectivity index (χ1) is 35.0. The van der Waals surface area contributed by atoms with Crippen molar-refractivity contribution in [1.29, 1.82) is 0 Å². The van der Waals surface area contributed by atoms with Gasteiger partial charge in [-0.3, -0.25) is 38.4 Å². The summed E-state index contributed by atoms with van der Waals surface area (Å²) in [5, 5.41) is 111. The molecule has 1 aromatic carbocycles. The largest absolute Gasteiger partial charge is 0.508 e. The van der Waals surface area contributed by atoms with Crippen molar-refractivity contribution in [3.05, 3.63) is 29.8 Å². The van der Waals surface area contributed by atoms with Gasteiger partial charge in [-0.15, -0.1) is 0 Å². The molecule has 3 saturated heterocycles. The van der Waals surface area contributed by atoms with Gasteiger partial charge in [-0.1, -0.05) is 90.2 Å². The summed E-state index contributed by atoms with van der Waals surface area (Å²) < 4.78 is 0. The Bertz CT molecular complexity index is 2070. The molecule has 3 heterocycles. The van der Waals surface area contributed by atoms with E-state index in [1.165, 1.54) is 26.2 Å². The molecule has 0 radical (unpaired) electrons. The molecule has 0 saturated carbocycles. The second-order valence-electron chi connectivity index (χ2n) is 19.9. The van der Waals surface area contributed by atoms with E-state index >= 15 is 0 Å². The van der Waals surface area contributed by atoms with Gasteiger partial charge in [-0.25, -0.2) is 0 Å². The first-order valence-corrected chi connectivity index (χ1v) is 25.6. The fraction of sp³-hybridized carbons (Fsp3) is 0.714. The van der Waals surface area contributed by atoms with Gasteiger partial charge >= 0.3 is 0 Å². The second kappa shape index (κ2) is 28.9. The van der Waals surface area contributed by atoms with E-state index < -0.39 is 171 Å². The lowest BCUT2D eigenvalue weighted by atomic mass is 9.96. The van der Waals surface area contributed by atoms with Crippen LogP contribution >= 0.6 is 0 Å². The molecule has 0 unspecified atom stereocenters. The molecule has 8 amide bonds. The molecule has 3 aliphatic heterocycles. The van der Waals surface area contributed by atoms with Gasteiger partial charge in [0.15, 0.2) is 6.23 Å². The quantitative estimate of drug-likeness (QED) is 0.0561. The lowest BCUT2D eigenvalue weighted by molar-refractivity contribution is -0.149. The highest BCUT2D eigenvalue weighted by Crippen LogP contribution is 2.28. The maximum Gasteiger partial charge on any atom is 0.248 e. The third kappa shape index (κ3) is 17.0. The fourth-order valence-corrected chi connectivity index (χ4v) is 9.50. The highest BCUT2D eigenvalue weighted by Gasteiger charge is 2.50. The van der Waals surface area contributed by atoms with E-state index in [-0.39, 0.29) is 17.7 Å². The molecule has 1 aromatic rings. The number of phenols is 1. The number of aromatic hydroxyl groups is 1. The standard InChI is InChI=1S/C49H78N8O17/c1-4-5-6-7-8-9-10-11-12-13-14-15-35(64)51-30-21-33(62)45(70)55-47(72)39-40(65)25(2)23-57(39)49(74)37(32(61)22-34(50)63)53-46(71)38(42(67)41(66)27-16-18-28(59)19-17-27)54-44(69)31-20-29(60)24-56(31)48(73)36(26(3)58)52-43(30)68/h16-19,25-26,29-33,36-42,45,58-62,65-67,70H,4-15,20-24H2,1-3H3,(H2,50,63)(H,51,64)(H,52,68)(H,53,71)(H,54,69)(H,55,72)/t25-,26+,29+,30-,31-,32+,33+,36-,37-,38-,39-,40-,41-,42-,45+/m0/s1. The van der Waals surface area contributed by atoms with Crippen LogP contribution in [0.1, 0.15) is 129 Å². The molecule has 3 fully saturated rings. The molecule has 0 bridgehead atoms. The van der Waals surface area contributed by atoms with Crippen molar-refractivity contribution in [2.75, 3.05) is 13.1 Å². The predicted molar refractivity (Wildman–Crippen MR) is 261 cm³/mol. The highest BCUT2D eigenvalue weighted by molar-refractivity contribution is 5.98. The average Bonchev–Trinajstić information content (AvgIpc) is 3.89. The van der Waals surface area contributed by atoms with Gasteiger partial charge in [0.2, 0.25) is 47.3 Å². The van der Waals surface area contributed by atoms with Gasteiger partial charge in [0.25, 0.3) is 0 Å². The Balaban J connectivity index is 1.73. The van der Waals surface area contributed by atoms with E-state index in [0.29, 0.717) is 17.7 Å². The molecule has 25 heteroatoms. The zero-order valence-electron chi connectivity index (χ0n) is 42.3. The van der Waals surface area contributed by atoms with Crippen LogP contribution in [0.15, 0.2) is 24.3 Å². The van der Waals surface area contributed by atoms with Crippen molar-refractivity contribution in [1.82, 2.24) is 36.4 Å². The van der Waals surface area contributed by atoms with Crippen molar-refractivity contribution >= 4 is 47.3 Å². The van der Waals surface area contributed by atoms with Crippen LogP contribution in [0.3, 0.4) is 0 Å². The molecule has 74 heavy (non-hydrogen) atoms. The van der Waals surface area contributed by atoms with E-state index in [0.717, 1.165) is 74.6 Å². The van der Waals surface area contributed by atoms with E-state index in [9.17, 15) is 84.3 Å². The minimum Gasteiger partial charge on any atom is -0.508 e. The average molecular weight is 1050 g/mol. The number of nitrogens with zero attached hydrogens (tertiary/aromatic N) is 2. The monoisotopic (exact) mass is 1050 g/mol. The number of nitrogens with two attached hydrogens (primary N) is 1. The van der Waals surface area contributed by atoms with E-state index in [1.54, 1.807) is 0 Å². The zero-order valence-corrected chi connectivity index (χ0v) is 42.3. The number of aliphatic hydroxyl groups is 8. The molecule has 0 aliphatic carbocycles. The summed E-state index contributed by atoms with van der Waals surface area (Å²) in [4.78, 5) is 113. The number of unbranched alkanes of at least 4 members (excludes halogenated alkanes) is 10. The number of benzene rings is 1. The number of rotatable bonds is 20. The topological polar surface area (TPSA) is 411 Å². The van der Waals surface area contributed by atoms with Crippen LogP contribution in [0.5, 0.6) is 5.75 Å². The first kappa shape index (κ1) is 61.0. The van der Waals surface area contributed by atoms with Crippen LogP contribution in [0, 0.1) is 5.92 Å². The summed E-state index contributed by atoms with van der Waals surface area (Å²) in [5.74, 6) is -10.8. The molecule has 4 rings (SSSR count). The van der Waals surface area contributed by atoms with Crippen molar-refractivity contribution in [3.8, 4) is 5.75 Å². The van der Waals surface area contributed by atoms with Gasteiger partial charge in [-0.2, -0.15) is 0 Å². The predicted octanol–water partition coefficient (Wildman–Crippen LogP) is -3.59. The molecule has 0 aromatic heterocycles. The van der Waals surface area contributed by atoms with Crippen LogP contribution in [-0.2, 0) is 38.4 Å². The Morgan fingerprint density at radius 1 is 0.703 bits per heavy atom. The SMILES string of the molecule is CCCCCCCCCCCCCC(=O)N[C@H]1C[C@@H](O)[C@@H](O)NC(=O)[C@@H]2[C@@H](O)[C@@H](C)CN2C(=O)[C@H]([C@H](O)CC(N)=O)NC(=O)[C@H]([C@H](O)[C@@H](O)c2ccc(O)cc2)NC(=O)[C@@H]2C[C@@H](O)CN2C(=O)[C@H]([C@@H](C)O)NC1=O. The number of hydrogen-bond donors (Lipinski definition) is 15. The second-order valence-corrected chi connectivity index (χ2v) is 19.9. The number of carbonyl (C=O) groups is 8. The molecule has 16 N–H and O–H groups in total. The lowest BCUT2D eigenvalue weighted by Crippen LogP contribution is -2.64. The Hall–Kier alpha value is -5.54. The fourth-order valence-electron chi connectivity index (χ4n) is 9.50. The van der Waals surface area contributed by atoms with Gasteiger partial charge in [0.05, 0.1) is 30.8 Å². The minimum atomic E-state index is -2.36. The number of aliphatic hydroxyl groups excluding tert-OH is 8. The Labute approximate surface area is 429 Å². The first-order valence-electron chi connectivity index (χ1n) is 25.6. The third-order valence-corrected chi connectivity index (χ3v) is 13.8. The Kier molecular flexibility index (Phi) is 23.9. The molecular formula is C49H78N8O17. The highest BCUT2D eigenvalue weighted by atomic mass is 16.3. The van der Waals surface area contributed by atoms with Gasteiger partial charge < -0.3 is 88.1 Å². The summed E-state index contributed by atoms with van der Waals surface area (Å²) in [6, 6.07) is -7.41. The maximum atomic E-state index is 14.5. The Morgan fingerprint density at radius 2 is 1.26 bits per heavy atom. The van der Waals surface area contributed by atoms with Gasteiger partial charge in [0, 0.05) is 38.3 Å². The Morgan fingerprint density at radius 3 is 1.84 bits per heavy atom. The number of hydrogen-bond acceptors (Lipinski definition) is 17. The van der Waals surface area contributed by atoms with Crippen molar-refractivity contribution in [3.63, 3.8) is 0 Å². The summed E-state index contributed by atoms with van der Waals surface area (Å²) in [6.45, 7) is 3.63. The number of amides is 8. The van der Waals surface area contributed by atoms with E-state index in [4.69, 9.17) is 5.73 Å². The summed E-state index contributed by atoms with van der Waals surface area (Å²) in [5.41, 5.74) is 5.23. The summed E-state index contributed by atoms with van der Waals surface area (Å²) in [6.07, 6.45) is -7.38. The van der Waals surface area contributed by atoms with Crippen LogP contribution < -0.4 is 32.3 Å². The normalized spacial score (nSPS) is 29.4. The van der Waals surface area contributed by atoms with Crippen molar-refractivity contribution < 1.29 is 84.3 Å². The van der Waals surface area contributed by atoms with Crippen LogP contribution in [0.25, 0.3) is 0 Å². The van der Waals surface area contributed by atoms with Crippen molar-refractivity contribution in [2.45, 2.75) is 202 Å². The zero-order chi connectivity index (χ0) is 55.0. The molecular weight excluding hydrogens is 973 g/mol. The van der Waals surface area contributed by atoms with Gasteiger partial charge in [-0.05, 0) is 31.0 Å². The molecule has 0 spiro atoms. The number of primary amides is 1. The molecule has 25 nitrogen and oxygen atoms in total. The molecule has 15 atom stereocenters. The van der Waals surface area contributed by atoms with Gasteiger partial charge in [0.1, 0.15) is 60.3 Å². The third-order valence-electron chi connectivity index (χ3n) is 13.8. The van der Waals surface area contributed by atoms with Crippen LogP contribution in [0.2, 0.25) is 0 Å². The molecule has 3 aliphatic rings.